The minimum atomic E-state index is -0.457. The minimum Gasteiger partial charge on any atom is -0.356 e. The van der Waals surface area contributed by atoms with Crippen molar-refractivity contribution in [1.82, 2.24) is 21.2 Å². The van der Waals surface area contributed by atoms with Crippen LogP contribution in [0.3, 0.4) is 0 Å². The van der Waals surface area contributed by atoms with Gasteiger partial charge < -0.3 is 10.3 Å². The summed E-state index contributed by atoms with van der Waals surface area (Å²) in [4.78, 5) is 38.2. The lowest BCUT2D eigenvalue weighted by atomic mass is 10.4. The van der Waals surface area contributed by atoms with Gasteiger partial charge in [-0.1, -0.05) is 6.07 Å². The van der Waals surface area contributed by atoms with Gasteiger partial charge in [-0.05, 0) is 33.4 Å². The predicted molar refractivity (Wildman–Crippen MR) is 85.4 cm³/mol. The number of H-pyrrole nitrogens is 1. The molecule has 22 heavy (non-hydrogen) atoms. The first kappa shape index (κ1) is 16.2. The van der Waals surface area contributed by atoms with Crippen molar-refractivity contribution in [3.8, 4) is 0 Å². The fraction of sp³-hybridized carbons (Fsp3) is 0.154. The molecule has 0 radical (unpaired) electrons. The first-order valence-electron chi connectivity index (χ1n) is 6.31. The lowest BCUT2D eigenvalue weighted by Crippen LogP contribution is -2.42. The Bertz CT molecular complexity index is 669. The van der Waals surface area contributed by atoms with E-state index in [1.165, 1.54) is 11.3 Å². The lowest BCUT2D eigenvalue weighted by molar-refractivity contribution is -0.121. The standard InChI is InChI=1S/C13H13BrN4O3S/c14-8-6-9(16-7-8)12(20)18-17-11(19)3-4-15-13(21)10-2-1-5-22-10/h1-2,5-7,16H,3-4H2,(H,15,21)(H,17,19)(H,18,20). The zero-order chi connectivity index (χ0) is 15.9. The van der Waals surface area contributed by atoms with Crippen LogP contribution in [0.5, 0.6) is 0 Å². The molecule has 0 fully saturated rings. The molecule has 0 unspecified atom stereocenters. The first-order valence-corrected chi connectivity index (χ1v) is 7.98. The van der Waals surface area contributed by atoms with Gasteiger partial charge >= 0.3 is 0 Å². The van der Waals surface area contributed by atoms with Gasteiger partial charge in [0.15, 0.2) is 0 Å². The van der Waals surface area contributed by atoms with Crippen LogP contribution in [0.4, 0.5) is 0 Å². The molecular weight excluding hydrogens is 372 g/mol. The fourth-order valence-electron chi connectivity index (χ4n) is 1.54. The Morgan fingerprint density at radius 1 is 1.23 bits per heavy atom. The van der Waals surface area contributed by atoms with Crippen LogP contribution < -0.4 is 16.2 Å². The van der Waals surface area contributed by atoms with E-state index in [4.69, 9.17) is 0 Å². The summed E-state index contributed by atoms with van der Waals surface area (Å²) in [6.07, 6.45) is 1.67. The number of nitrogens with one attached hydrogen (secondary N) is 4. The summed E-state index contributed by atoms with van der Waals surface area (Å²) in [7, 11) is 0. The summed E-state index contributed by atoms with van der Waals surface area (Å²) < 4.78 is 0.736. The Morgan fingerprint density at radius 2 is 2.05 bits per heavy atom. The second-order valence-corrected chi connectivity index (χ2v) is 6.08. The molecular formula is C13H13BrN4O3S. The predicted octanol–water partition coefficient (Wildman–Crippen LogP) is 1.42. The van der Waals surface area contributed by atoms with Gasteiger partial charge in [0.1, 0.15) is 5.69 Å². The zero-order valence-corrected chi connectivity index (χ0v) is 13.7. The number of amides is 3. The molecule has 0 bridgehead atoms. The van der Waals surface area contributed by atoms with E-state index in [1.54, 1.807) is 29.8 Å². The molecule has 2 aromatic rings. The molecule has 0 aromatic carbocycles. The van der Waals surface area contributed by atoms with Gasteiger partial charge in [0, 0.05) is 23.6 Å². The van der Waals surface area contributed by atoms with E-state index in [0.29, 0.717) is 10.6 Å². The van der Waals surface area contributed by atoms with Crippen molar-refractivity contribution in [2.75, 3.05) is 6.54 Å². The number of aromatic amines is 1. The van der Waals surface area contributed by atoms with Crippen molar-refractivity contribution >= 4 is 45.0 Å². The van der Waals surface area contributed by atoms with Gasteiger partial charge in [-0.2, -0.15) is 0 Å². The van der Waals surface area contributed by atoms with E-state index in [0.717, 1.165) is 4.47 Å². The van der Waals surface area contributed by atoms with Crippen LogP contribution in [0.2, 0.25) is 0 Å². The third-order valence-corrected chi connectivity index (χ3v) is 3.92. The van der Waals surface area contributed by atoms with Crippen LogP contribution in [0, 0.1) is 0 Å². The number of hydrogen-bond donors (Lipinski definition) is 4. The number of halogens is 1. The summed E-state index contributed by atoms with van der Waals surface area (Å²) in [6, 6.07) is 5.07. The molecule has 0 saturated heterocycles. The van der Waals surface area contributed by atoms with Crippen LogP contribution in [-0.2, 0) is 4.79 Å². The molecule has 0 spiro atoms. The van der Waals surface area contributed by atoms with Crippen LogP contribution in [-0.4, -0.2) is 29.3 Å². The molecule has 0 atom stereocenters. The number of hydrogen-bond acceptors (Lipinski definition) is 4. The maximum absolute atomic E-state index is 11.7. The van der Waals surface area contributed by atoms with Gasteiger partial charge in [-0.3, -0.25) is 25.2 Å². The Hall–Kier alpha value is -2.13. The van der Waals surface area contributed by atoms with Gasteiger partial charge in [-0.15, -0.1) is 11.3 Å². The largest absolute Gasteiger partial charge is 0.356 e. The van der Waals surface area contributed by atoms with E-state index in [9.17, 15) is 14.4 Å². The Balaban J connectivity index is 1.66. The number of carbonyl (C=O) groups excluding carboxylic acids is 3. The smallest absolute Gasteiger partial charge is 0.286 e. The van der Waals surface area contributed by atoms with Crippen LogP contribution >= 0.6 is 27.3 Å². The van der Waals surface area contributed by atoms with Crippen molar-refractivity contribution in [3.63, 3.8) is 0 Å². The maximum atomic E-state index is 11.7. The zero-order valence-electron chi connectivity index (χ0n) is 11.3. The molecule has 116 valence electrons. The summed E-state index contributed by atoms with van der Waals surface area (Å²) in [5, 5.41) is 4.43. The van der Waals surface area contributed by atoms with Gasteiger partial charge in [-0.25, -0.2) is 0 Å². The number of hydrazine groups is 1. The van der Waals surface area contributed by atoms with E-state index >= 15 is 0 Å². The third-order valence-electron chi connectivity index (χ3n) is 2.59. The van der Waals surface area contributed by atoms with Gasteiger partial charge in [0.25, 0.3) is 11.8 Å². The molecule has 2 rings (SSSR count). The number of rotatable bonds is 5. The van der Waals surface area contributed by atoms with Crippen molar-refractivity contribution in [2.24, 2.45) is 0 Å². The van der Waals surface area contributed by atoms with Crippen molar-refractivity contribution in [3.05, 3.63) is 44.8 Å². The highest BCUT2D eigenvalue weighted by molar-refractivity contribution is 9.10. The third kappa shape index (κ3) is 4.71. The Labute approximate surface area is 138 Å². The average molecular weight is 385 g/mol. The number of aromatic nitrogens is 1. The Morgan fingerprint density at radius 3 is 2.68 bits per heavy atom. The van der Waals surface area contributed by atoms with Crippen LogP contribution in [0.15, 0.2) is 34.2 Å². The average Bonchev–Trinajstić information content (AvgIpc) is 3.15. The second kappa shape index (κ2) is 7.76. The second-order valence-electron chi connectivity index (χ2n) is 4.22. The van der Waals surface area contributed by atoms with Crippen molar-refractivity contribution < 1.29 is 14.4 Å². The molecule has 0 aliphatic carbocycles. The first-order chi connectivity index (χ1) is 10.6. The minimum absolute atomic E-state index is 0.0613. The highest BCUT2D eigenvalue weighted by atomic mass is 79.9. The molecule has 2 aromatic heterocycles. The molecule has 7 nitrogen and oxygen atoms in total. The monoisotopic (exact) mass is 384 g/mol. The summed E-state index contributed by atoms with van der Waals surface area (Å²) >= 11 is 4.53. The normalized spacial score (nSPS) is 10.0. The molecule has 2 heterocycles. The molecule has 4 N–H and O–H groups in total. The van der Waals surface area contributed by atoms with Gasteiger partial charge in [0.2, 0.25) is 5.91 Å². The number of thiophene rings is 1. The van der Waals surface area contributed by atoms with Crippen LogP contribution in [0.1, 0.15) is 26.6 Å². The Kier molecular flexibility index (Phi) is 5.73. The highest BCUT2D eigenvalue weighted by Gasteiger charge is 2.10. The van der Waals surface area contributed by atoms with E-state index in [1.807, 2.05) is 0 Å². The van der Waals surface area contributed by atoms with E-state index in [-0.39, 0.29) is 18.9 Å². The van der Waals surface area contributed by atoms with Crippen molar-refractivity contribution in [2.45, 2.75) is 6.42 Å². The SMILES string of the molecule is O=C(CCNC(=O)c1cccs1)NNC(=O)c1cc(Br)c[nH]1. The van der Waals surface area contributed by atoms with Gasteiger partial charge in [0.05, 0.1) is 4.88 Å². The summed E-state index contributed by atoms with van der Waals surface area (Å²) in [5.74, 6) is -1.07. The number of carbonyl (C=O) groups is 3. The molecule has 0 aliphatic rings. The van der Waals surface area contributed by atoms with Crippen molar-refractivity contribution in [1.29, 1.82) is 0 Å². The topological polar surface area (TPSA) is 103 Å². The molecule has 0 aliphatic heterocycles. The lowest BCUT2D eigenvalue weighted by Gasteiger charge is -2.07. The quantitative estimate of drug-likeness (QED) is 0.586. The van der Waals surface area contributed by atoms with E-state index < -0.39 is 11.8 Å². The summed E-state index contributed by atoms with van der Waals surface area (Å²) in [5.41, 5.74) is 4.87. The fourth-order valence-corrected chi connectivity index (χ4v) is 2.52. The highest BCUT2D eigenvalue weighted by Crippen LogP contribution is 2.10. The maximum Gasteiger partial charge on any atom is 0.286 e. The summed E-state index contributed by atoms with van der Waals surface area (Å²) in [6.45, 7) is 0.187. The molecule has 0 saturated carbocycles. The van der Waals surface area contributed by atoms with E-state index in [2.05, 4.69) is 37.1 Å². The molecule has 3 amide bonds. The van der Waals surface area contributed by atoms with Crippen LogP contribution in [0.25, 0.3) is 0 Å². The molecule has 9 heteroatoms.